The van der Waals surface area contributed by atoms with Crippen LogP contribution in [-0.4, -0.2) is 18.5 Å². The maximum Gasteiger partial charge on any atom is 0.336 e. The van der Waals surface area contributed by atoms with Crippen LogP contribution < -0.4 is 4.90 Å². The van der Waals surface area contributed by atoms with Crippen molar-refractivity contribution in [2.75, 3.05) is 11.5 Å². The number of para-hydroxylation sites is 1. The van der Waals surface area contributed by atoms with Crippen molar-refractivity contribution in [3.8, 4) is 0 Å². The van der Waals surface area contributed by atoms with E-state index in [1.165, 1.54) is 0 Å². The van der Waals surface area contributed by atoms with Crippen molar-refractivity contribution >= 4 is 17.6 Å². The predicted octanol–water partition coefficient (Wildman–Crippen LogP) is 3.33. The summed E-state index contributed by atoms with van der Waals surface area (Å²) in [5, 5.41) is 0. The van der Waals surface area contributed by atoms with Gasteiger partial charge < -0.3 is 4.74 Å². The maximum absolute atomic E-state index is 12.8. The highest BCUT2D eigenvalue weighted by Gasteiger charge is 2.42. The molecule has 0 fully saturated rings. The summed E-state index contributed by atoms with van der Waals surface area (Å²) in [6.45, 7) is 2.16. The highest BCUT2D eigenvalue weighted by atomic mass is 16.5. The second kappa shape index (κ2) is 5.64. The van der Waals surface area contributed by atoms with Gasteiger partial charge >= 0.3 is 5.97 Å². The first-order chi connectivity index (χ1) is 11.6. The Balaban J connectivity index is 1.84. The van der Waals surface area contributed by atoms with Crippen molar-refractivity contribution < 1.29 is 14.3 Å². The summed E-state index contributed by atoms with van der Waals surface area (Å²) in [6.07, 6.45) is 0.270. The van der Waals surface area contributed by atoms with Crippen LogP contribution >= 0.6 is 0 Å². The van der Waals surface area contributed by atoms with Gasteiger partial charge in [0.15, 0.2) is 0 Å². The fraction of sp³-hybridized carbons (Fsp3) is 0.200. The molecule has 4 heteroatoms. The number of aryl methyl sites for hydroxylation is 1. The molecule has 2 aliphatic rings. The molecule has 2 heterocycles. The zero-order valence-corrected chi connectivity index (χ0v) is 13.4. The Morgan fingerprint density at radius 1 is 1.04 bits per heavy atom. The first kappa shape index (κ1) is 14.7. The van der Waals surface area contributed by atoms with Crippen LogP contribution in [0.5, 0.6) is 0 Å². The van der Waals surface area contributed by atoms with Gasteiger partial charge in [-0.3, -0.25) is 9.69 Å². The zero-order valence-electron chi connectivity index (χ0n) is 13.4. The summed E-state index contributed by atoms with van der Waals surface area (Å²) in [5.74, 6) is -0.558. The van der Waals surface area contributed by atoms with E-state index < -0.39 is 0 Å². The number of anilines is 1. The number of hydrogen-bond donors (Lipinski definition) is 0. The lowest BCUT2D eigenvalue weighted by molar-refractivity contribution is -0.136. The lowest BCUT2D eigenvalue weighted by Crippen LogP contribution is -2.37. The number of esters is 1. The van der Waals surface area contributed by atoms with Crippen molar-refractivity contribution in [2.24, 2.45) is 0 Å². The average Bonchev–Trinajstić information content (AvgIpc) is 2.96. The predicted molar refractivity (Wildman–Crippen MR) is 90.5 cm³/mol. The van der Waals surface area contributed by atoms with Gasteiger partial charge in [-0.05, 0) is 24.6 Å². The molecule has 0 saturated heterocycles. The lowest BCUT2D eigenvalue weighted by Gasteiger charge is -2.31. The second-order valence-corrected chi connectivity index (χ2v) is 6.17. The highest BCUT2D eigenvalue weighted by molar-refractivity contribution is 6.06. The van der Waals surface area contributed by atoms with Crippen molar-refractivity contribution in [3.63, 3.8) is 0 Å². The molecule has 1 amide bonds. The van der Waals surface area contributed by atoms with Gasteiger partial charge in [0.05, 0.1) is 11.3 Å². The standard InChI is InChI=1S/C20H17NO3/c1-13-6-5-7-14(10-13)16-11-18(22)21(15-8-3-2-4-9-15)17-12-24-20(23)19(16)17/h2-10,16H,11-12H2,1H3. The largest absolute Gasteiger partial charge is 0.456 e. The van der Waals surface area contributed by atoms with E-state index in [1.807, 2.05) is 61.5 Å². The monoisotopic (exact) mass is 319 g/mol. The summed E-state index contributed by atoms with van der Waals surface area (Å²) in [7, 11) is 0. The van der Waals surface area contributed by atoms with Crippen LogP contribution in [0.25, 0.3) is 0 Å². The minimum atomic E-state index is -0.315. The number of carbonyl (C=O) groups excluding carboxylic acids is 2. The number of ether oxygens (including phenoxy) is 1. The number of cyclic esters (lactones) is 1. The van der Waals surface area contributed by atoms with E-state index >= 15 is 0 Å². The molecule has 120 valence electrons. The van der Waals surface area contributed by atoms with Crippen LogP contribution in [-0.2, 0) is 14.3 Å². The van der Waals surface area contributed by atoms with Crippen molar-refractivity contribution in [3.05, 3.63) is 77.0 Å². The minimum absolute atomic E-state index is 0.00949. The van der Waals surface area contributed by atoms with Crippen molar-refractivity contribution in [2.45, 2.75) is 19.3 Å². The van der Waals surface area contributed by atoms with Gasteiger partial charge in [-0.2, -0.15) is 0 Å². The number of nitrogens with zero attached hydrogens (tertiary/aromatic N) is 1. The Morgan fingerprint density at radius 2 is 1.83 bits per heavy atom. The topological polar surface area (TPSA) is 46.6 Å². The molecule has 24 heavy (non-hydrogen) atoms. The van der Waals surface area contributed by atoms with E-state index in [2.05, 4.69) is 0 Å². The Bertz CT molecular complexity index is 854. The lowest BCUT2D eigenvalue weighted by atomic mass is 9.83. The fourth-order valence-corrected chi connectivity index (χ4v) is 3.50. The Hall–Kier alpha value is -2.88. The van der Waals surface area contributed by atoms with E-state index in [0.717, 1.165) is 16.8 Å². The molecular weight excluding hydrogens is 302 g/mol. The summed E-state index contributed by atoms with van der Waals surface area (Å²) in [5.41, 5.74) is 4.16. The first-order valence-corrected chi connectivity index (χ1v) is 8.00. The van der Waals surface area contributed by atoms with E-state index in [1.54, 1.807) is 4.90 Å². The molecular formula is C20H17NO3. The first-order valence-electron chi connectivity index (χ1n) is 8.00. The number of rotatable bonds is 2. The van der Waals surface area contributed by atoms with Crippen LogP contribution in [0.15, 0.2) is 65.9 Å². The van der Waals surface area contributed by atoms with Gasteiger partial charge in [-0.1, -0.05) is 48.0 Å². The molecule has 0 N–H and O–H groups in total. The second-order valence-electron chi connectivity index (χ2n) is 6.17. The van der Waals surface area contributed by atoms with Crippen LogP contribution in [0.4, 0.5) is 5.69 Å². The molecule has 4 rings (SSSR count). The zero-order chi connectivity index (χ0) is 16.7. The van der Waals surface area contributed by atoms with Gasteiger partial charge in [-0.15, -0.1) is 0 Å². The molecule has 0 aromatic heterocycles. The number of amides is 1. The molecule has 0 saturated carbocycles. The molecule has 2 aromatic rings. The Labute approximate surface area is 140 Å². The molecule has 4 nitrogen and oxygen atoms in total. The van der Waals surface area contributed by atoms with Gasteiger partial charge in [0.2, 0.25) is 5.91 Å². The van der Waals surface area contributed by atoms with E-state index in [-0.39, 0.29) is 30.8 Å². The third-order valence-electron chi connectivity index (χ3n) is 4.58. The molecule has 2 aromatic carbocycles. The average molecular weight is 319 g/mol. The molecule has 0 aliphatic carbocycles. The minimum Gasteiger partial charge on any atom is -0.456 e. The summed E-state index contributed by atoms with van der Waals surface area (Å²) >= 11 is 0. The third kappa shape index (κ3) is 2.31. The Morgan fingerprint density at radius 3 is 2.58 bits per heavy atom. The molecule has 0 radical (unpaired) electrons. The summed E-state index contributed by atoms with van der Waals surface area (Å²) < 4.78 is 5.28. The van der Waals surface area contributed by atoms with E-state index in [4.69, 9.17) is 4.74 Å². The van der Waals surface area contributed by atoms with Crippen molar-refractivity contribution in [1.29, 1.82) is 0 Å². The number of hydrogen-bond acceptors (Lipinski definition) is 3. The van der Waals surface area contributed by atoms with Gasteiger partial charge in [-0.25, -0.2) is 4.79 Å². The van der Waals surface area contributed by atoms with Gasteiger partial charge in [0, 0.05) is 18.0 Å². The third-order valence-corrected chi connectivity index (χ3v) is 4.58. The number of carbonyl (C=O) groups is 2. The maximum atomic E-state index is 12.8. The van der Waals surface area contributed by atoms with E-state index in [9.17, 15) is 9.59 Å². The molecule has 2 aliphatic heterocycles. The highest BCUT2D eigenvalue weighted by Crippen LogP contribution is 2.41. The van der Waals surface area contributed by atoms with Crippen LogP contribution in [0, 0.1) is 6.92 Å². The smallest absolute Gasteiger partial charge is 0.336 e. The quantitative estimate of drug-likeness (QED) is 0.798. The number of benzene rings is 2. The van der Waals surface area contributed by atoms with Crippen LogP contribution in [0.3, 0.4) is 0 Å². The van der Waals surface area contributed by atoms with Gasteiger partial charge in [0.1, 0.15) is 6.61 Å². The molecule has 1 atom stereocenters. The SMILES string of the molecule is Cc1cccc(C2CC(=O)N(c3ccccc3)C3=C2C(=O)OC3)c1. The normalized spacial score (nSPS) is 20.2. The molecule has 0 bridgehead atoms. The fourth-order valence-electron chi connectivity index (χ4n) is 3.50. The van der Waals surface area contributed by atoms with Crippen LogP contribution in [0.1, 0.15) is 23.5 Å². The molecule has 0 spiro atoms. The Kier molecular flexibility index (Phi) is 3.45. The van der Waals surface area contributed by atoms with Crippen LogP contribution in [0.2, 0.25) is 0 Å². The molecule has 1 unspecified atom stereocenters. The van der Waals surface area contributed by atoms with E-state index in [0.29, 0.717) is 11.3 Å². The summed E-state index contributed by atoms with van der Waals surface area (Å²) in [4.78, 5) is 26.8. The van der Waals surface area contributed by atoms with Gasteiger partial charge in [0.25, 0.3) is 0 Å². The van der Waals surface area contributed by atoms with Crippen molar-refractivity contribution in [1.82, 2.24) is 0 Å². The summed E-state index contributed by atoms with van der Waals surface area (Å²) in [6, 6.07) is 17.4.